The molecule has 5 heterocycles. The Kier molecular flexibility index (Phi) is 9.00. The number of halogens is 1. The lowest BCUT2D eigenvalue weighted by Crippen LogP contribution is -2.46. The first kappa shape index (κ1) is 27.0. The maximum absolute atomic E-state index is 13.8. The zero-order valence-electron chi connectivity index (χ0n) is 22.4. The first-order chi connectivity index (χ1) is 19.1. The number of aromatic amines is 1. The van der Waals surface area contributed by atoms with Crippen LogP contribution in [0.1, 0.15) is 45.1 Å². The van der Waals surface area contributed by atoms with Crippen molar-refractivity contribution >= 4 is 28.1 Å². The summed E-state index contributed by atoms with van der Waals surface area (Å²) in [7, 11) is 0. The smallest absolute Gasteiger partial charge is 0.317 e. The fourth-order valence-electron chi connectivity index (χ4n) is 5.06. The third kappa shape index (κ3) is 6.54. The van der Waals surface area contributed by atoms with E-state index in [0.717, 1.165) is 62.9 Å². The molecule has 4 aromatic rings. The Morgan fingerprint density at radius 3 is 2.92 bits per heavy atom. The monoisotopic (exact) mass is 537 g/mol. The van der Waals surface area contributed by atoms with Crippen molar-refractivity contribution in [2.75, 3.05) is 46.1 Å². The number of piperidine rings is 1. The summed E-state index contributed by atoms with van der Waals surface area (Å²) < 4.78 is 27.0. The number of rotatable bonds is 12. The van der Waals surface area contributed by atoms with Gasteiger partial charge in [-0.15, -0.1) is 0 Å². The number of H-pyrrole nitrogens is 1. The molecule has 208 valence electrons. The summed E-state index contributed by atoms with van der Waals surface area (Å²) in [5.74, 6) is 0.0917. The van der Waals surface area contributed by atoms with Crippen molar-refractivity contribution in [3.8, 4) is 11.4 Å². The van der Waals surface area contributed by atoms with E-state index in [1.54, 1.807) is 12.4 Å². The molecule has 2 amide bonds. The molecule has 1 fully saturated rings. The quantitative estimate of drug-likeness (QED) is 0.254. The van der Waals surface area contributed by atoms with Gasteiger partial charge in [0.25, 0.3) is 0 Å². The fourth-order valence-corrected chi connectivity index (χ4v) is 5.06. The minimum atomic E-state index is -0.409. The number of aromatic nitrogens is 5. The number of hydrogen-bond acceptors (Lipinski definition) is 6. The van der Waals surface area contributed by atoms with Crippen LogP contribution >= 0.6 is 0 Å². The van der Waals surface area contributed by atoms with Crippen molar-refractivity contribution in [1.82, 2.24) is 34.7 Å². The molecule has 2 N–H and O–H groups in total. The zero-order chi connectivity index (χ0) is 27.0. The summed E-state index contributed by atoms with van der Waals surface area (Å²) in [5.41, 5.74) is 2.08. The van der Waals surface area contributed by atoms with Gasteiger partial charge in [0.1, 0.15) is 17.1 Å². The third-order valence-corrected chi connectivity index (χ3v) is 7.08. The van der Waals surface area contributed by atoms with E-state index in [1.165, 1.54) is 12.3 Å². The number of unbranched alkanes of at least 4 members (excludes halogenated alkanes) is 2. The van der Waals surface area contributed by atoms with Crippen LogP contribution in [-0.4, -0.2) is 81.5 Å². The summed E-state index contributed by atoms with van der Waals surface area (Å²) >= 11 is 0. The Balaban J connectivity index is 1.17. The van der Waals surface area contributed by atoms with Crippen LogP contribution in [0.3, 0.4) is 0 Å². The lowest BCUT2D eigenvalue weighted by Gasteiger charge is -2.33. The molecule has 10 nitrogen and oxygen atoms in total. The molecule has 39 heavy (non-hydrogen) atoms. The minimum Gasteiger partial charge on any atom is -0.382 e. The van der Waals surface area contributed by atoms with E-state index in [4.69, 9.17) is 14.5 Å². The lowest BCUT2D eigenvalue weighted by atomic mass is 10.1. The van der Waals surface area contributed by atoms with Crippen LogP contribution < -0.4 is 5.32 Å². The van der Waals surface area contributed by atoms with Crippen LogP contribution in [0.5, 0.6) is 0 Å². The molecule has 0 radical (unpaired) electrons. The predicted octanol–water partition coefficient (Wildman–Crippen LogP) is 4.68. The molecular formula is C28H36FN7O3. The highest BCUT2D eigenvalue weighted by Crippen LogP contribution is 2.29. The summed E-state index contributed by atoms with van der Waals surface area (Å²) in [5, 5.41) is 4.54. The number of amides is 2. The second-order valence-corrected chi connectivity index (χ2v) is 9.79. The Morgan fingerprint density at radius 1 is 1.18 bits per heavy atom. The van der Waals surface area contributed by atoms with E-state index < -0.39 is 5.82 Å². The normalized spacial score (nSPS) is 15.8. The molecule has 1 aliphatic rings. The summed E-state index contributed by atoms with van der Waals surface area (Å²) in [6.45, 7) is 6.57. The van der Waals surface area contributed by atoms with Gasteiger partial charge < -0.3 is 29.2 Å². The molecule has 0 bridgehead atoms. The number of pyridine rings is 1. The van der Waals surface area contributed by atoms with Gasteiger partial charge in [0.2, 0.25) is 0 Å². The Labute approximate surface area is 226 Å². The van der Waals surface area contributed by atoms with Gasteiger partial charge in [0, 0.05) is 74.4 Å². The maximum Gasteiger partial charge on any atom is 0.317 e. The van der Waals surface area contributed by atoms with E-state index >= 15 is 0 Å². The van der Waals surface area contributed by atoms with Gasteiger partial charge in [-0.1, -0.05) is 0 Å². The van der Waals surface area contributed by atoms with Gasteiger partial charge in [-0.25, -0.2) is 24.1 Å². The molecule has 0 saturated carbocycles. The van der Waals surface area contributed by atoms with E-state index in [0.29, 0.717) is 48.7 Å². The van der Waals surface area contributed by atoms with E-state index in [9.17, 15) is 9.18 Å². The van der Waals surface area contributed by atoms with Crippen LogP contribution in [0.4, 0.5) is 9.18 Å². The average Bonchev–Trinajstić information content (AvgIpc) is 3.57. The van der Waals surface area contributed by atoms with Gasteiger partial charge in [-0.2, -0.15) is 0 Å². The molecule has 4 aromatic heterocycles. The van der Waals surface area contributed by atoms with Crippen LogP contribution in [-0.2, 0) is 9.47 Å². The average molecular weight is 538 g/mol. The van der Waals surface area contributed by atoms with Crippen molar-refractivity contribution in [3.05, 3.63) is 42.7 Å². The van der Waals surface area contributed by atoms with Gasteiger partial charge in [-0.3, -0.25) is 0 Å². The number of nitrogens with one attached hydrogen (secondary N) is 2. The summed E-state index contributed by atoms with van der Waals surface area (Å²) in [4.78, 5) is 31.2. The zero-order valence-corrected chi connectivity index (χ0v) is 22.4. The molecule has 5 rings (SSSR count). The van der Waals surface area contributed by atoms with Crippen LogP contribution in [0.2, 0.25) is 0 Å². The van der Waals surface area contributed by atoms with E-state index in [-0.39, 0.29) is 12.1 Å². The Hall–Kier alpha value is -3.57. The Morgan fingerprint density at radius 2 is 2.05 bits per heavy atom. The molecule has 1 atom stereocenters. The number of ether oxygens (including phenoxy) is 2. The highest BCUT2D eigenvalue weighted by atomic mass is 19.1. The highest BCUT2D eigenvalue weighted by Gasteiger charge is 2.26. The number of nitrogens with zero attached hydrogens (tertiary/aromatic N) is 5. The summed E-state index contributed by atoms with van der Waals surface area (Å²) in [6, 6.07) is 3.45. The maximum atomic E-state index is 13.8. The number of carbonyl (C=O) groups is 1. The molecule has 1 aliphatic heterocycles. The number of hydrogen-bond donors (Lipinski definition) is 2. The molecular weight excluding hydrogens is 501 g/mol. The van der Waals surface area contributed by atoms with Crippen molar-refractivity contribution in [2.45, 2.75) is 45.1 Å². The fraction of sp³-hybridized carbons (Fsp3) is 0.500. The number of fused-ring (bicyclic) bond motifs is 2. The molecule has 0 unspecified atom stereocenters. The summed E-state index contributed by atoms with van der Waals surface area (Å²) in [6.07, 6.45) is 11.7. The molecule has 1 saturated heterocycles. The third-order valence-electron chi connectivity index (χ3n) is 7.08. The van der Waals surface area contributed by atoms with Crippen molar-refractivity contribution < 1.29 is 18.7 Å². The van der Waals surface area contributed by atoms with Crippen LogP contribution in [0.25, 0.3) is 33.5 Å². The number of urea groups is 1. The SMILES string of the molecule is CCOCCCCCOCCNC(=O)N1CCC[C@H](n2ccc3cnc(-c4c[nH]c5ncc(F)cc45)nc32)C1. The van der Waals surface area contributed by atoms with Crippen molar-refractivity contribution in [3.63, 3.8) is 0 Å². The molecule has 0 aliphatic carbocycles. The molecule has 11 heteroatoms. The van der Waals surface area contributed by atoms with Gasteiger partial charge in [-0.05, 0) is 51.2 Å². The largest absolute Gasteiger partial charge is 0.382 e. The first-order valence-electron chi connectivity index (χ1n) is 13.8. The number of carbonyl (C=O) groups excluding carboxylic acids is 1. The second kappa shape index (κ2) is 13.0. The number of likely N-dealkylation sites (tertiary alicyclic amines) is 1. The highest BCUT2D eigenvalue weighted by molar-refractivity contribution is 5.92. The topological polar surface area (TPSA) is 110 Å². The predicted molar refractivity (Wildman–Crippen MR) is 147 cm³/mol. The minimum absolute atomic E-state index is 0.0693. The second-order valence-electron chi connectivity index (χ2n) is 9.79. The van der Waals surface area contributed by atoms with Gasteiger partial charge in [0.05, 0.1) is 18.8 Å². The van der Waals surface area contributed by atoms with E-state index in [1.807, 2.05) is 24.1 Å². The van der Waals surface area contributed by atoms with Crippen molar-refractivity contribution in [1.29, 1.82) is 0 Å². The lowest BCUT2D eigenvalue weighted by molar-refractivity contribution is 0.118. The standard InChI is InChI=1S/C28H36FN7O3/c1-2-38-12-4-3-5-13-39-14-9-30-28(37)35-10-6-7-22(19-35)36-11-8-20-16-31-26(34-27(20)36)24-18-33-25-23(24)15-21(29)17-32-25/h8,11,15-18,22H,2-7,9-10,12-14,19H2,1H3,(H,30,37)(H,32,33)/t22-/m0/s1. The molecule has 0 aromatic carbocycles. The van der Waals surface area contributed by atoms with Crippen LogP contribution in [0, 0.1) is 5.82 Å². The molecule has 0 spiro atoms. The first-order valence-corrected chi connectivity index (χ1v) is 13.8. The van der Waals surface area contributed by atoms with Crippen molar-refractivity contribution in [2.24, 2.45) is 0 Å². The van der Waals surface area contributed by atoms with E-state index in [2.05, 4.69) is 24.8 Å². The van der Waals surface area contributed by atoms with Crippen LogP contribution in [0.15, 0.2) is 36.9 Å². The van der Waals surface area contributed by atoms with Gasteiger partial charge in [0.15, 0.2) is 5.82 Å². The Bertz CT molecular complexity index is 1390. The van der Waals surface area contributed by atoms with Gasteiger partial charge >= 0.3 is 6.03 Å².